The molecule has 0 heterocycles. The molecule has 4 nitrogen and oxygen atoms in total. The van der Waals surface area contributed by atoms with Crippen molar-refractivity contribution in [1.82, 2.24) is 0 Å². The minimum Gasteiger partial charge on any atom is -0.493 e. The van der Waals surface area contributed by atoms with E-state index in [1.165, 1.54) is 20.3 Å². The van der Waals surface area contributed by atoms with Crippen LogP contribution < -0.4 is 9.47 Å². The van der Waals surface area contributed by atoms with Crippen molar-refractivity contribution in [2.75, 3.05) is 14.2 Å². The maximum Gasteiger partial charge on any atom is 0.193 e. The second-order valence-electron chi connectivity index (χ2n) is 4.57. The van der Waals surface area contributed by atoms with E-state index in [1.54, 1.807) is 18.2 Å². The quantitative estimate of drug-likeness (QED) is 0.808. The van der Waals surface area contributed by atoms with E-state index in [-0.39, 0.29) is 11.3 Å². The van der Waals surface area contributed by atoms with Crippen LogP contribution in [0, 0.1) is 18.3 Å². The van der Waals surface area contributed by atoms with Gasteiger partial charge in [-0.2, -0.15) is 5.26 Å². The molecule has 2 aromatic rings. The van der Waals surface area contributed by atoms with Crippen molar-refractivity contribution in [3.05, 3.63) is 58.7 Å². The van der Waals surface area contributed by atoms with Crippen LogP contribution in [0.4, 0.5) is 0 Å². The van der Waals surface area contributed by atoms with Gasteiger partial charge in [-0.1, -0.05) is 29.8 Å². The van der Waals surface area contributed by atoms with Gasteiger partial charge in [-0.25, -0.2) is 0 Å². The number of aryl methyl sites for hydroxylation is 1. The number of hydrogen-bond donors (Lipinski definition) is 0. The Bertz CT molecular complexity index is 712. The molecule has 0 aliphatic carbocycles. The van der Waals surface area contributed by atoms with E-state index in [0.717, 1.165) is 5.56 Å². The molecular weight excluding hydrogens is 266 g/mol. The van der Waals surface area contributed by atoms with Gasteiger partial charge in [-0.05, 0) is 19.1 Å². The van der Waals surface area contributed by atoms with Crippen LogP contribution in [0.15, 0.2) is 36.4 Å². The van der Waals surface area contributed by atoms with E-state index in [4.69, 9.17) is 9.47 Å². The SMILES string of the molecule is COc1cc(C(=O)c2ccc(C)cc2)cc(C#N)c1OC. The molecular formula is C17H15NO3. The predicted molar refractivity (Wildman–Crippen MR) is 78.9 cm³/mol. The van der Waals surface area contributed by atoms with Crippen molar-refractivity contribution in [3.63, 3.8) is 0 Å². The first-order chi connectivity index (χ1) is 10.1. The highest BCUT2D eigenvalue weighted by atomic mass is 16.5. The zero-order valence-corrected chi connectivity index (χ0v) is 12.1. The van der Waals surface area contributed by atoms with Crippen LogP contribution >= 0.6 is 0 Å². The molecule has 0 N–H and O–H groups in total. The fourth-order valence-electron chi connectivity index (χ4n) is 2.05. The van der Waals surface area contributed by atoms with Crippen LogP contribution in [-0.4, -0.2) is 20.0 Å². The summed E-state index contributed by atoms with van der Waals surface area (Å²) in [5.41, 5.74) is 2.31. The molecule has 0 saturated heterocycles. The van der Waals surface area contributed by atoms with Crippen LogP contribution in [0.1, 0.15) is 27.0 Å². The van der Waals surface area contributed by atoms with Gasteiger partial charge in [0.25, 0.3) is 0 Å². The third-order valence-corrected chi connectivity index (χ3v) is 3.18. The molecule has 2 rings (SSSR count). The largest absolute Gasteiger partial charge is 0.493 e. The number of rotatable bonds is 4. The fourth-order valence-corrected chi connectivity index (χ4v) is 2.05. The first-order valence-electron chi connectivity index (χ1n) is 6.38. The summed E-state index contributed by atoms with van der Waals surface area (Å²) < 4.78 is 10.4. The second-order valence-corrected chi connectivity index (χ2v) is 4.57. The summed E-state index contributed by atoms with van der Waals surface area (Å²) in [5, 5.41) is 9.19. The first kappa shape index (κ1) is 14.6. The van der Waals surface area contributed by atoms with Crippen LogP contribution in [0.3, 0.4) is 0 Å². The van der Waals surface area contributed by atoms with Crippen LogP contribution in [0.25, 0.3) is 0 Å². The van der Waals surface area contributed by atoms with Gasteiger partial charge in [0.15, 0.2) is 17.3 Å². The molecule has 0 aliphatic rings. The number of methoxy groups -OCH3 is 2. The van der Waals surface area contributed by atoms with Crippen molar-refractivity contribution >= 4 is 5.78 Å². The average Bonchev–Trinajstić information content (AvgIpc) is 2.53. The molecule has 0 radical (unpaired) electrons. The van der Waals surface area contributed by atoms with E-state index < -0.39 is 0 Å². The minimum absolute atomic E-state index is 0.160. The zero-order chi connectivity index (χ0) is 15.4. The Balaban J connectivity index is 2.51. The van der Waals surface area contributed by atoms with Gasteiger partial charge in [-0.15, -0.1) is 0 Å². The molecule has 0 unspecified atom stereocenters. The molecule has 106 valence electrons. The average molecular weight is 281 g/mol. The van der Waals surface area contributed by atoms with E-state index in [9.17, 15) is 10.1 Å². The highest BCUT2D eigenvalue weighted by Crippen LogP contribution is 2.32. The summed E-state index contributed by atoms with van der Waals surface area (Å²) in [4.78, 5) is 12.5. The molecule has 0 saturated carbocycles. The summed E-state index contributed by atoms with van der Waals surface area (Å²) in [7, 11) is 2.93. The highest BCUT2D eigenvalue weighted by molar-refractivity contribution is 6.09. The summed E-state index contributed by atoms with van der Waals surface area (Å²) in [5.74, 6) is 0.542. The lowest BCUT2D eigenvalue weighted by molar-refractivity contribution is 0.103. The molecule has 0 amide bonds. The molecule has 0 spiro atoms. The van der Waals surface area contributed by atoms with Gasteiger partial charge in [0, 0.05) is 11.1 Å². The van der Waals surface area contributed by atoms with E-state index in [2.05, 4.69) is 0 Å². The van der Waals surface area contributed by atoms with Gasteiger partial charge in [-0.3, -0.25) is 4.79 Å². The summed E-state index contributed by atoms with van der Waals surface area (Å²) in [6, 6.07) is 12.4. The molecule has 0 aromatic heterocycles. The van der Waals surface area contributed by atoms with Crippen molar-refractivity contribution in [2.24, 2.45) is 0 Å². The summed E-state index contributed by atoms with van der Waals surface area (Å²) in [6.07, 6.45) is 0. The Kier molecular flexibility index (Phi) is 4.24. The van der Waals surface area contributed by atoms with Crippen molar-refractivity contribution in [3.8, 4) is 17.6 Å². The fraction of sp³-hybridized carbons (Fsp3) is 0.176. The van der Waals surface area contributed by atoms with Crippen molar-refractivity contribution < 1.29 is 14.3 Å². The molecule has 0 aliphatic heterocycles. The lowest BCUT2D eigenvalue weighted by atomic mass is 10.00. The topological polar surface area (TPSA) is 59.3 Å². The maximum atomic E-state index is 12.5. The standard InChI is InChI=1S/C17H15NO3/c1-11-4-6-12(7-5-11)16(19)13-8-14(10-18)17(21-3)15(9-13)20-2/h4-9H,1-3H3. The molecule has 2 aromatic carbocycles. The van der Waals surface area contributed by atoms with Crippen molar-refractivity contribution in [1.29, 1.82) is 5.26 Å². The number of benzene rings is 2. The van der Waals surface area contributed by atoms with Gasteiger partial charge >= 0.3 is 0 Å². The lowest BCUT2D eigenvalue weighted by Crippen LogP contribution is -2.04. The second kappa shape index (κ2) is 6.10. The third kappa shape index (κ3) is 2.87. The normalized spacial score (nSPS) is 9.81. The Morgan fingerprint density at radius 3 is 2.24 bits per heavy atom. The number of ether oxygens (including phenoxy) is 2. The maximum absolute atomic E-state index is 12.5. The predicted octanol–water partition coefficient (Wildman–Crippen LogP) is 3.11. The number of carbonyl (C=O) groups is 1. The van der Waals surface area contributed by atoms with Gasteiger partial charge < -0.3 is 9.47 Å². The number of hydrogen-bond acceptors (Lipinski definition) is 4. The monoisotopic (exact) mass is 281 g/mol. The van der Waals surface area contributed by atoms with E-state index >= 15 is 0 Å². The first-order valence-corrected chi connectivity index (χ1v) is 6.38. The van der Waals surface area contributed by atoms with Gasteiger partial charge in [0.2, 0.25) is 0 Å². The number of nitriles is 1. The van der Waals surface area contributed by atoms with Crippen molar-refractivity contribution in [2.45, 2.75) is 6.92 Å². The number of ketones is 1. The summed E-state index contributed by atoms with van der Waals surface area (Å²) in [6.45, 7) is 1.96. The van der Waals surface area contributed by atoms with E-state index in [0.29, 0.717) is 22.6 Å². The Hall–Kier alpha value is -2.80. The van der Waals surface area contributed by atoms with E-state index in [1.807, 2.05) is 25.1 Å². The Labute approximate surface area is 123 Å². The van der Waals surface area contributed by atoms with Gasteiger partial charge in [0.05, 0.1) is 19.8 Å². The number of nitrogens with zero attached hydrogens (tertiary/aromatic N) is 1. The summed E-state index contributed by atoms with van der Waals surface area (Å²) >= 11 is 0. The van der Waals surface area contributed by atoms with Crippen LogP contribution in [0.2, 0.25) is 0 Å². The number of carbonyl (C=O) groups excluding carboxylic acids is 1. The zero-order valence-electron chi connectivity index (χ0n) is 12.1. The Morgan fingerprint density at radius 2 is 1.71 bits per heavy atom. The molecule has 4 heteroatoms. The van der Waals surface area contributed by atoms with Gasteiger partial charge in [0.1, 0.15) is 6.07 Å². The molecule has 0 atom stereocenters. The molecule has 0 bridgehead atoms. The smallest absolute Gasteiger partial charge is 0.193 e. The molecule has 21 heavy (non-hydrogen) atoms. The molecule has 0 fully saturated rings. The lowest BCUT2D eigenvalue weighted by Gasteiger charge is -2.11. The third-order valence-electron chi connectivity index (χ3n) is 3.18. The Morgan fingerprint density at radius 1 is 1.05 bits per heavy atom. The van der Waals surface area contributed by atoms with Crippen LogP contribution in [0.5, 0.6) is 11.5 Å². The van der Waals surface area contributed by atoms with Crippen LogP contribution in [-0.2, 0) is 0 Å². The minimum atomic E-state index is -0.160. The highest BCUT2D eigenvalue weighted by Gasteiger charge is 2.17.